The van der Waals surface area contributed by atoms with Crippen molar-refractivity contribution in [3.05, 3.63) is 53.9 Å². The summed E-state index contributed by atoms with van der Waals surface area (Å²) in [5.41, 5.74) is 1.17. The number of ketones is 1. The normalized spacial score (nSPS) is 14.2. The van der Waals surface area contributed by atoms with Crippen LogP contribution in [0.3, 0.4) is 0 Å². The van der Waals surface area contributed by atoms with E-state index in [4.69, 9.17) is 4.74 Å². The van der Waals surface area contributed by atoms with E-state index in [1.807, 2.05) is 12.1 Å². The topological polar surface area (TPSA) is 52.1 Å². The molecule has 4 heteroatoms. The maximum atomic E-state index is 12.1. The first-order chi connectivity index (χ1) is 8.83. The average molecular weight is 240 g/mol. The van der Waals surface area contributed by atoms with Gasteiger partial charge in [-0.15, -0.1) is 0 Å². The molecule has 0 aliphatic heterocycles. The van der Waals surface area contributed by atoms with E-state index in [9.17, 15) is 4.79 Å². The van der Waals surface area contributed by atoms with Crippen LogP contribution in [0, 0.1) is 0 Å². The van der Waals surface area contributed by atoms with Gasteiger partial charge >= 0.3 is 0 Å². The Hall–Kier alpha value is -2.23. The molecule has 0 atom stereocenters. The lowest BCUT2D eigenvalue weighted by Crippen LogP contribution is -2.02. The third-order valence-electron chi connectivity index (χ3n) is 2.79. The molecule has 1 aromatic carbocycles. The number of benzene rings is 1. The monoisotopic (exact) mass is 240 g/mol. The molecule has 1 aliphatic carbocycles. The summed E-state index contributed by atoms with van der Waals surface area (Å²) in [6.07, 6.45) is 5.61. The van der Waals surface area contributed by atoms with Crippen molar-refractivity contribution in [1.29, 1.82) is 0 Å². The SMILES string of the molecule is O=C(c1ccc(OC2CC2)cc1)c1ccnnc1. The highest BCUT2D eigenvalue weighted by Crippen LogP contribution is 2.26. The molecule has 18 heavy (non-hydrogen) atoms. The van der Waals surface area contributed by atoms with Gasteiger partial charge in [-0.1, -0.05) is 0 Å². The first-order valence-corrected chi connectivity index (χ1v) is 5.91. The van der Waals surface area contributed by atoms with Gasteiger partial charge in [0.25, 0.3) is 0 Å². The predicted octanol–water partition coefficient (Wildman–Crippen LogP) is 2.25. The van der Waals surface area contributed by atoms with Crippen LogP contribution in [0.4, 0.5) is 0 Å². The molecular formula is C14H12N2O2. The molecule has 90 valence electrons. The van der Waals surface area contributed by atoms with Gasteiger partial charge in [-0.05, 0) is 43.2 Å². The summed E-state index contributed by atoms with van der Waals surface area (Å²) in [4.78, 5) is 12.1. The Morgan fingerprint density at radius 2 is 1.83 bits per heavy atom. The third-order valence-corrected chi connectivity index (χ3v) is 2.79. The van der Waals surface area contributed by atoms with E-state index in [1.165, 1.54) is 12.4 Å². The van der Waals surface area contributed by atoms with E-state index in [2.05, 4.69) is 10.2 Å². The van der Waals surface area contributed by atoms with Gasteiger partial charge in [-0.25, -0.2) is 0 Å². The molecule has 1 fully saturated rings. The molecule has 2 aromatic rings. The molecule has 0 unspecified atom stereocenters. The molecule has 4 nitrogen and oxygen atoms in total. The van der Waals surface area contributed by atoms with Crippen LogP contribution in [0.15, 0.2) is 42.7 Å². The molecule has 0 spiro atoms. The van der Waals surface area contributed by atoms with Gasteiger partial charge in [0.2, 0.25) is 0 Å². The minimum atomic E-state index is -0.0529. The number of aromatic nitrogens is 2. The minimum Gasteiger partial charge on any atom is -0.490 e. The van der Waals surface area contributed by atoms with E-state index in [0.29, 0.717) is 17.2 Å². The molecule has 1 aromatic heterocycles. The molecule has 1 aliphatic rings. The number of carbonyl (C=O) groups excluding carboxylic acids is 1. The van der Waals surface area contributed by atoms with Crippen LogP contribution in [0.2, 0.25) is 0 Å². The fourth-order valence-electron chi connectivity index (χ4n) is 1.65. The number of hydrogen-bond acceptors (Lipinski definition) is 4. The second kappa shape index (κ2) is 4.56. The van der Waals surface area contributed by atoms with Crippen molar-refractivity contribution in [2.24, 2.45) is 0 Å². The quantitative estimate of drug-likeness (QED) is 0.769. The Balaban J connectivity index is 1.77. The summed E-state index contributed by atoms with van der Waals surface area (Å²) >= 11 is 0. The van der Waals surface area contributed by atoms with E-state index in [-0.39, 0.29) is 5.78 Å². The molecule has 0 bridgehead atoms. The Bertz CT molecular complexity index is 548. The fraction of sp³-hybridized carbons (Fsp3) is 0.214. The van der Waals surface area contributed by atoms with Gasteiger partial charge < -0.3 is 4.74 Å². The van der Waals surface area contributed by atoms with Crippen LogP contribution in [-0.2, 0) is 0 Å². The Kier molecular flexibility index (Phi) is 2.76. The zero-order valence-corrected chi connectivity index (χ0v) is 9.74. The molecule has 0 saturated heterocycles. The lowest BCUT2D eigenvalue weighted by molar-refractivity contribution is 0.103. The number of rotatable bonds is 4. The molecule has 3 rings (SSSR count). The zero-order chi connectivity index (χ0) is 12.4. The smallest absolute Gasteiger partial charge is 0.194 e. The van der Waals surface area contributed by atoms with Gasteiger partial charge in [-0.3, -0.25) is 4.79 Å². The summed E-state index contributed by atoms with van der Waals surface area (Å²) in [6, 6.07) is 8.88. The van der Waals surface area contributed by atoms with Crippen molar-refractivity contribution < 1.29 is 9.53 Å². The van der Waals surface area contributed by atoms with Crippen LogP contribution in [0.25, 0.3) is 0 Å². The molecule has 1 saturated carbocycles. The van der Waals surface area contributed by atoms with Crippen molar-refractivity contribution in [3.63, 3.8) is 0 Å². The van der Waals surface area contributed by atoms with Gasteiger partial charge in [-0.2, -0.15) is 10.2 Å². The molecular weight excluding hydrogens is 228 g/mol. The maximum absolute atomic E-state index is 12.1. The van der Waals surface area contributed by atoms with Gasteiger partial charge in [0.05, 0.1) is 18.5 Å². The summed E-state index contributed by atoms with van der Waals surface area (Å²) in [5.74, 6) is 0.768. The largest absolute Gasteiger partial charge is 0.490 e. The Morgan fingerprint density at radius 1 is 1.06 bits per heavy atom. The van der Waals surface area contributed by atoms with Crippen LogP contribution in [0.1, 0.15) is 28.8 Å². The first kappa shape index (κ1) is 10.9. The van der Waals surface area contributed by atoms with Crippen molar-refractivity contribution in [2.75, 3.05) is 0 Å². The van der Waals surface area contributed by atoms with Crippen LogP contribution in [0.5, 0.6) is 5.75 Å². The lowest BCUT2D eigenvalue weighted by atomic mass is 10.1. The second-order valence-electron chi connectivity index (χ2n) is 4.30. The molecule has 0 amide bonds. The van der Waals surface area contributed by atoms with E-state index in [1.54, 1.807) is 18.2 Å². The zero-order valence-electron chi connectivity index (χ0n) is 9.74. The highest BCUT2D eigenvalue weighted by molar-refractivity contribution is 6.08. The van der Waals surface area contributed by atoms with Crippen molar-refractivity contribution in [1.82, 2.24) is 10.2 Å². The summed E-state index contributed by atoms with van der Waals surface area (Å²) in [5, 5.41) is 7.35. The number of carbonyl (C=O) groups is 1. The van der Waals surface area contributed by atoms with Gasteiger partial charge in [0.15, 0.2) is 5.78 Å². The molecule has 1 heterocycles. The highest BCUT2D eigenvalue weighted by atomic mass is 16.5. The first-order valence-electron chi connectivity index (χ1n) is 5.91. The van der Waals surface area contributed by atoms with E-state index in [0.717, 1.165) is 18.6 Å². The second-order valence-corrected chi connectivity index (χ2v) is 4.30. The summed E-state index contributed by atoms with van der Waals surface area (Å²) < 4.78 is 5.63. The minimum absolute atomic E-state index is 0.0529. The molecule has 0 radical (unpaired) electrons. The Morgan fingerprint density at radius 3 is 2.44 bits per heavy atom. The Labute approximate surface area is 105 Å². The predicted molar refractivity (Wildman–Crippen MR) is 65.6 cm³/mol. The van der Waals surface area contributed by atoms with E-state index >= 15 is 0 Å². The van der Waals surface area contributed by atoms with Crippen molar-refractivity contribution in [2.45, 2.75) is 18.9 Å². The number of ether oxygens (including phenoxy) is 1. The van der Waals surface area contributed by atoms with Crippen LogP contribution in [-0.4, -0.2) is 22.1 Å². The van der Waals surface area contributed by atoms with Crippen molar-refractivity contribution in [3.8, 4) is 5.75 Å². The summed E-state index contributed by atoms with van der Waals surface area (Å²) in [7, 11) is 0. The van der Waals surface area contributed by atoms with Gasteiger partial charge in [0, 0.05) is 11.1 Å². The fourth-order valence-corrected chi connectivity index (χ4v) is 1.65. The highest BCUT2D eigenvalue weighted by Gasteiger charge is 2.23. The van der Waals surface area contributed by atoms with Gasteiger partial charge in [0.1, 0.15) is 5.75 Å². The number of nitrogens with zero attached hydrogens (tertiary/aromatic N) is 2. The standard InChI is InChI=1S/C14H12N2O2/c17-14(11-7-8-15-16-9-11)10-1-3-12(4-2-10)18-13-5-6-13/h1-4,7-9,13H,5-6H2. The lowest BCUT2D eigenvalue weighted by Gasteiger charge is -2.05. The number of hydrogen-bond donors (Lipinski definition) is 0. The average Bonchev–Trinajstić information content (AvgIpc) is 3.24. The maximum Gasteiger partial charge on any atom is 0.194 e. The summed E-state index contributed by atoms with van der Waals surface area (Å²) in [6.45, 7) is 0. The third kappa shape index (κ3) is 2.37. The van der Waals surface area contributed by atoms with Crippen LogP contribution >= 0.6 is 0 Å². The van der Waals surface area contributed by atoms with E-state index < -0.39 is 0 Å². The van der Waals surface area contributed by atoms with Crippen LogP contribution < -0.4 is 4.74 Å². The molecule has 0 N–H and O–H groups in total. The van der Waals surface area contributed by atoms with Crippen molar-refractivity contribution >= 4 is 5.78 Å².